The topological polar surface area (TPSA) is 76.6 Å². The molecule has 2 aromatic rings. The van der Waals surface area contributed by atoms with E-state index in [1.807, 2.05) is 24.3 Å². The number of aromatic nitrogens is 2. The Balaban J connectivity index is 1.51. The maximum atomic E-state index is 12.4. The number of hydrogen-bond acceptors (Lipinski definition) is 6. The number of nitrogens with zero attached hydrogens (tertiary/aromatic N) is 3. The molecule has 1 unspecified atom stereocenters. The Labute approximate surface area is 166 Å². The van der Waals surface area contributed by atoms with Crippen molar-refractivity contribution in [1.29, 1.82) is 0 Å². The Morgan fingerprint density at radius 2 is 2.00 bits per heavy atom. The molecule has 3 rings (SSSR count). The van der Waals surface area contributed by atoms with E-state index in [0.29, 0.717) is 30.8 Å². The number of carbonyl (C=O) groups is 1. The second kappa shape index (κ2) is 9.92. The zero-order valence-corrected chi connectivity index (χ0v) is 16.6. The molecular formula is C21H28N4O3. The number of hydrogen-bond donors (Lipinski definition) is 1. The largest absolute Gasteiger partial charge is 0.497 e. The number of methoxy groups -OCH3 is 1. The van der Waals surface area contributed by atoms with Gasteiger partial charge >= 0.3 is 0 Å². The smallest absolute Gasteiger partial charge is 0.270 e. The highest BCUT2D eigenvalue weighted by Gasteiger charge is 2.23. The predicted octanol–water partition coefficient (Wildman–Crippen LogP) is 3.06. The zero-order valence-electron chi connectivity index (χ0n) is 16.6. The fraction of sp³-hybridized carbons (Fsp3) is 0.476. The predicted molar refractivity (Wildman–Crippen MR) is 108 cm³/mol. The highest BCUT2D eigenvalue weighted by atomic mass is 16.5. The van der Waals surface area contributed by atoms with Crippen molar-refractivity contribution >= 4 is 11.9 Å². The van der Waals surface area contributed by atoms with E-state index in [0.717, 1.165) is 37.3 Å². The first-order valence-corrected chi connectivity index (χ1v) is 9.86. The Morgan fingerprint density at radius 1 is 1.21 bits per heavy atom. The second-order valence-electron chi connectivity index (χ2n) is 6.77. The van der Waals surface area contributed by atoms with Crippen LogP contribution in [0.2, 0.25) is 0 Å². The van der Waals surface area contributed by atoms with E-state index in [1.54, 1.807) is 19.4 Å². The molecule has 1 fully saturated rings. The molecule has 7 heteroatoms. The summed E-state index contributed by atoms with van der Waals surface area (Å²) >= 11 is 0. The van der Waals surface area contributed by atoms with E-state index in [4.69, 9.17) is 9.47 Å². The number of amides is 1. The second-order valence-corrected chi connectivity index (χ2v) is 6.77. The minimum Gasteiger partial charge on any atom is -0.497 e. The molecule has 0 aliphatic carbocycles. The zero-order chi connectivity index (χ0) is 19.8. The third-order valence-electron chi connectivity index (χ3n) is 4.95. The fourth-order valence-electron chi connectivity index (χ4n) is 3.40. The van der Waals surface area contributed by atoms with Gasteiger partial charge in [-0.2, -0.15) is 0 Å². The molecule has 28 heavy (non-hydrogen) atoms. The molecular weight excluding hydrogens is 356 g/mol. The standard InChI is InChI=1S/C21H28N4O3/c1-3-16-6-4-5-14-25(16)21-23-12-11-19(24-21)20(26)22-13-15-28-18-9-7-17(27-2)8-10-18/h7-12,16H,3-6,13-15H2,1-2H3,(H,22,26). The van der Waals surface area contributed by atoms with Crippen molar-refractivity contribution in [2.75, 3.05) is 31.7 Å². The average Bonchev–Trinajstić information content (AvgIpc) is 2.77. The van der Waals surface area contributed by atoms with Gasteiger partial charge in [-0.25, -0.2) is 9.97 Å². The third-order valence-corrected chi connectivity index (χ3v) is 4.95. The first-order valence-electron chi connectivity index (χ1n) is 9.86. The van der Waals surface area contributed by atoms with Crippen LogP contribution in [0.15, 0.2) is 36.5 Å². The Hall–Kier alpha value is -2.83. The molecule has 0 bridgehead atoms. The van der Waals surface area contributed by atoms with E-state index in [-0.39, 0.29) is 5.91 Å². The Kier molecular flexibility index (Phi) is 7.06. The van der Waals surface area contributed by atoms with Crippen LogP contribution >= 0.6 is 0 Å². The lowest BCUT2D eigenvalue weighted by molar-refractivity contribution is 0.0942. The van der Waals surface area contributed by atoms with E-state index in [1.165, 1.54) is 6.42 Å². The van der Waals surface area contributed by atoms with Crippen molar-refractivity contribution < 1.29 is 14.3 Å². The molecule has 1 N–H and O–H groups in total. The molecule has 0 saturated carbocycles. The lowest BCUT2D eigenvalue weighted by atomic mass is 10.0. The Bertz CT molecular complexity index is 767. The van der Waals surface area contributed by atoms with Gasteiger partial charge in [0, 0.05) is 18.8 Å². The first kappa shape index (κ1) is 19.9. The van der Waals surface area contributed by atoms with Crippen LogP contribution in [0, 0.1) is 0 Å². The van der Waals surface area contributed by atoms with Gasteiger partial charge in [-0.15, -0.1) is 0 Å². The van der Waals surface area contributed by atoms with Crippen molar-refractivity contribution in [2.24, 2.45) is 0 Å². The van der Waals surface area contributed by atoms with Gasteiger partial charge in [0.1, 0.15) is 23.8 Å². The van der Waals surface area contributed by atoms with Crippen LogP contribution in [0.4, 0.5) is 5.95 Å². The summed E-state index contributed by atoms with van der Waals surface area (Å²) in [6, 6.07) is 9.43. The SMILES string of the molecule is CCC1CCCCN1c1nccc(C(=O)NCCOc2ccc(OC)cc2)n1. The molecule has 1 saturated heterocycles. The van der Waals surface area contributed by atoms with Gasteiger partial charge in [0.25, 0.3) is 5.91 Å². The van der Waals surface area contributed by atoms with E-state index in [9.17, 15) is 4.79 Å². The average molecular weight is 384 g/mol. The molecule has 1 aromatic heterocycles. The van der Waals surface area contributed by atoms with Crippen molar-refractivity contribution in [1.82, 2.24) is 15.3 Å². The van der Waals surface area contributed by atoms with Crippen molar-refractivity contribution in [2.45, 2.75) is 38.6 Å². The van der Waals surface area contributed by atoms with Crippen LogP contribution in [0.3, 0.4) is 0 Å². The number of carbonyl (C=O) groups excluding carboxylic acids is 1. The van der Waals surface area contributed by atoms with Gasteiger partial charge in [0.15, 0.2) is 0 Å². The summed E-state index contributed by atoms with van der Waals surface area (Å²) < 4.78 is 10.7. The minimum atomic E-state index is -0.216. The Morgan fingerprint density at radius 3 is 2.75 bits per heavy atom. The highest BCUT2D eigenvalue weighted by molar-refractivity contribution is 5.92. The van der Waals surface area contributed by atoms with Gasteiger partial charge in [0.2, 0.25) is 5.95 Å². The van der Waals surface area contributed by atoms with Gasteiger partial charge in [-0.05, 0) is 56.0 Å². The molecule has 1 aliphatic rings. The van der Waals surface area contributed by atoms with Crippen LogP contribution in [-0.4, -0.2) is 48.7 Å². The quantitative estimate of drug-likeness (QED) is 0.705. The third kappa shape index (κ3) is 5.12. The van der Waals surface area contributed by atoms with Gasteiger partial charge < -0.3 is 19.7 Å². The molecule has 150 valence electrons. The molecule has 0 radical (unpaired) electrons. The molecule has 7 nitrogen and oxygen atoms in total. The molecule has 1 atom stereocenters. The molecule has 1 aromatic carbocycles. The van der Waals surface area contributed by atoms with Gasteiger partial charge in [0.05, 0.1) is 13.7 Å². The highest BCUT2D eigenvalue weighted by Crippen LogP contribution is 2.23. The summed E-state index contributed by atoms with van der Waals surface area (Å²) in [5.74, 6) is 1.94. The van der Waals surface area contributed by atoms with Crippen LogP contribution in [-0.2, 0) is 0 Å². The van der Waals surface area contributed by atoms with Crippen LogP contribution in [0.25, 0.3) is 0 Å². The monoisotopic (exact) mass is 384 g/mol. The van der Waals surface area contributed by atoms with Crippen molar-refractivity contribution in [3.05, 3.63) is 42.2 Å². The summed E-state index contributed by atoms with van der Waals surface area (Å²) in [5, 5.41) is 2.85. The number of nitrogens with one attached hydrogen (secondary N) is 1. The number of anilines is 1. The lowest BCUT2D eigenvalue weighted by Gasteiger charge is -2.35. The van der Waals surface area contributed by atoms with Crippen molar-refractivity contribution in [3.8, 4) is 11.5 Å². The summed E-state index contributed by atoms with van der Waals surface area (Å²) in [6.45, 7) is 3.90. The molecule has 2 heterocycles. The maximum Gasteiger partial charge on any atom is 0.270 e. The summed E-state index contributed by atoms with van der Waals surface area (Å²) in [6.07, 6.45) is 6.25. The van der Waals surface area contributed by atoms with E-state index in [2.05, 4.69) is 27.1 Å². The number of benzene rings is 1. The fourth-order valence-corrected chi connectivity index (χ4v) is 3.40. The molecule has 1 amide bonds. The van der Waals surface area contributed by atoms with Crippen molar-refractivity contribution in [3.63, 3.8) is 0 Å². The lowest BCUT2D eigenvalue weighted by Crippen LogP contribution is -2.40. The number of ether oxygens (including phenoxy) is 2. The number of rotatable bonds is 8. The summed E-state index contributed by atoms with van der Waals surface area (Å²) in [5.41, 5.74) is 0.384. The van der Waals surface area contributed by atoms with E-state index >= 15 is 0 Å². The van der Waals surface area contributed by atoms with Crippen LogP contribution in [0.5, 0.6) is 11.5 Å². The molecule has 0 spiro atoms. The van der Waals surface area contributed by atoms with Crippen LogP contribution < -0.4 is 19.7 Å². The number of piperidine rings is 1. The van der Waals surface area contributed by atoms with E-state index < -0.39 is 0 Å². The van der Waals surface area contributed by atoms with Gasteiger partial charge in [-0.1, -0.05) is 6.92 Å². The molecule has 1 aliphatic heterocycles. The normalized spacial score (nSPS) is 16.5. The van der Waals surface area contributed by atoms with Gasteiger partial charge in [-0.3, -0.25) is 4.79 Å². The van der Waals surface area contributed by atoms with Crippen LogP contribution in [0.1, 0.15) is 43.1 Å². The minimum absolute atomic E-state index is 0.216. The first-order chi connectivity index (χ1) is 13.7. The summed E-state index contributed by atoms with van der Waals surface area (Å²) in [4.78, 5) is 23.6. The maximum absolute atomic E-state index is 12.4. The summed E-state index contributed by atoms with van der Waals surface area (Å²) in [7, 11) is 1.62.